The van der Waals surface area contributed by atoms with E-state index in [1.807, 2.05) is 12.1 Å². The molecule has 15 heavy (non-hydrogen) atoms. The van der Waals surface area contributed by atoms with Crippen LogP contribution in [0.1, 0.15) is 12.5 Å². The maximum atomic E-state index is 10.1. The third-order valence-corrected chi connectivity index (χ3v) is 2.54. The molecule has 0 radical (unpaired) electrons. The molecule has 1 unspecified atom stereocenters. The zero-order valence-corrected chi connectivity index (χ0v) is 8.69. The summed E-state index contributed by atoms with van der Waals surface area (Å²) in [4.78, 5) is 0. The first kappa shape index (κ1) is 10.3. The van der Waals surface area contributed by atoms with Crippen molar-refractivity contribution in [3.05, 3.63) is 23.8 Å². The van der Waals surface area contributed by atoms with Crippen LogP contribution in [0.3, 0.4) is 0 Å². The highest BCUT2D eigenvalue weighted by Crippen LogP contribution is 2.38. The van der Waals surface area contributed by atoms with Gasteiger partial charge in [0.05, 0.1) is 0 Å². The lowest BCUT2D eigenvalue weighted by Gasteiger charge is -2.28. The molecular weight excluding hydrogens is 194 g/mol. The molecule has 0 aliphatic carbocycles. The van der Waals surface area contributed by atoms with Crippen molar-refractivity contribution in [2.75, 3.05) is 19.8 Å². The summed E-state index contributed by atoms with van der Waals surface area (Å²) in [6.45, 7) is 2.86. The third kappa shape index (κ3) is 1.78. The number of benzene rings is 1. The summed E-state index contributed by atoms with van der Waals surface area (Å²) in [6.07, 6.45) is 0. The molecule has 0 spiro atoms. The molecule has 0 amide bonds. The van der Waals surface area contributed by atoms with Gasteiger partial charge >= 0.3 is 0 Å². The molecular formula is C11H15NO3. The van der Waals surface area contributed by atoms with Gasteiger partial charge in [-0.25, -0.2) is 0 Å². The molecule has 0 saturated heterocycles. The fourth-order valence-corrected chi connectivity index (χ4v) is 1.61. The normalized spacial score (nSPS) is 18.3. The number of hydrogen-bond donors (Lipinski definition) is 2. The second-order valence-electron chi connectivity index (χ2n) is 3.81. The van der Waals surface area contributed by atoms with Crippen molar-refractivity contribution in [1.29, 1.82) is 0 Å². The van der Waals surface area contributed by atoms with Gasteiger partial charge in [0, 0.05) is 12.1 Å². The number of ether oxygens (including phenoxy) is 2. The van der Waals surface area contributed by atoms with Gasteiger partial charge in [-0.1, -0.05) is 12.1 Å². The summed E-state index contributed by atoms with van der Waals surface area (Å²) in [5, 5.41) is 10.1. The predicted octanol–water partition coefficient (Wildman–Crippen LogP) is 0.624. The molecule has 1 atom stereocenters. The van der Waals surface area contributed by atoms with Crippen LogP contribution in [0.5, 0.6) is 11.5 Å². The van der Waals surface area contributed by atoms with E-state index in [0.29, 0.717) is 30.3 Å². The van der Waals surface area contributed by atoms with E-state index in [1.165, 1.54) is 0 Å². The Morgan fingerprint density at radius 3 is 2.87 bits per heavy atom. The molecule has 1 aromatic rings. The van der Waals surface area contributed by atoms with Crippen LogP contribution in [0, 0.1) is 0 Å². The van der Waals surface area contributed by atoms with Gasteiger partial charge in [-0.05, 0) is 13.0 Å². The summed E-state index contributed by atoms with van der Waals surface area (Å²) in [5.41, 5.74) is 5.13. The molecule has 0 bridgehead atoms. The Balaban J connectivity index is 2.48. The summed E-state index contributed by atoms with van der Waals surface area (Å²) < 4.78 is 10.9. The maximum Gasteiger partial charge on any atom is 0.167 e. The third-order valence-electron chi connectivity index (χ3n) is 2.54. The number of rotatable bonds is 2. The van der Waals surface area contributed by atoms with Crippen molar-refractivity contribution in [2.45, 2.75) is 12.5 Å². The highest BCUT2D eigenvalue weighted by molar-refractivity contribution is 5.49. The Labute approximate surface area is 88.6 Å². The molecule has 1 aliphatic rings. The van der Waals surface area contributed by atoms with Gasteiger partial charge in [-0.15, -0.1) is 0 Å². The van der Waals surface area contributed by atoms with Gasteiger partial charge < -0.3 is 20.3 Å². The Bertz CT molecular complexity index is 363. The fourth-order valence-electron chi connectivity index (χ4n) is 1.61. The van der Waals surface area contributed by atoms with E-state index in [2.05, 4.69) is 0 Å². The lowest BCUT2D eigenvalue weighted by atomic mass is 9.95. The van der Waals surface area contributed by atoms with Gasteiger partial charge in [0.15, 0.2) is 11.5 Å². The van der Waals surface area contributed by atoms with E-state index in [-0.39, 0.29) is 6.54 Å². The van der Waals surface area contributed by atoms with Crippen LogP contribution in [0.25, 0.3) is 0 Å². The number of nitrogens with two attached hydrogens (primary N) is 1. The van der Waals surface area contributed by atoms with Crippen molar-refractivity contribution in [2.24, 2.45) is 5.73 Å². The monoisotopic (exact) mass is 209 g/mol. The first-order chi connectivity index (χ1) is 7.15. The number of hydrogen-bond acceptors (Lipinski definition) is 4. The van der Waals surface area contributed by atoms with Crippen molar-refractivity contribution < 1.29 is 14.6 Å². The molecule has 3 N–H and O–H groups in total. The fraction of sp³-hybridized carbons (Fsp3) is 0.455. The van der Waals surface area contributed by atoms with E-state index in [0.717, 1.165) is 0 Å². The van der Waals surface area contributed by atoms with Crippen LogP contribution in [0.15, 0.2) is 18.2 Å². The minimum absolute atomic E-state index is 0.146. The summed E-state index contributed by atoms with van der Waals surface area (Å²) in [7, 11) is 0. The van der Waals surface area contributed by atoms with E-state index in [1.54, 1.807) is 13.0 Å². The van der Waals surface area contributed by atoms with E-state index in [4.69, 9.17) is 15.2 Å². The highest BCUT2D eigenvalue weighted by Gasteiger charge is 2.28. The molecule has 82 valence electrons. The van der Waals surface area contributed by atoms with E-state index >= 15 is 0 Å². The Kier molecular flexibility index (Phi) is 2.54. The van der Waals surface area contributed by atoms with Crippen molar-refractivity contribution in [3.8, 4) is 11.5 Å². The summed E-state index contributed by atoms with van der Waals surface area (Å²) in [6, 6.07) is 5.46. The van der Waals surface area contributed by atoms with Crippen molar-refractivity contribution in [3.63, 3.8) is 0 Å². The average molecular weight is 209 g/mol. The minimum Gasteiger partial charge on any atom is -0.486 e. The maximum absolute atomic E-state index is 10.1. The zero-order valence-electron chi connectivity index (χ0n) is 8.69. The van der Waals surface area contributed by atoms with Crippen LogP contribution in [0.4, 0.5) is 0 Å². The minimum atomic E-state index is -1.08. The van der Waals surface area contributed by atoms with Crippen LogP contribution < -0.4 is 15.2 Å². The molecule has 4 heteroatoms. The second kappa shape index (κ2) is 3.72. The summed E-state index contributed by atoms with van der Waals surface area (Å²) in [5.74, 6) is 1.28. The SMILES string of the molecule is CC(O)(CN)c1cccc2c1OCCO2. The Hall–Kier alpha value is -1.26. The van der Waals surface area contributed by atoms with Gasteiger partial charge in [0.1, 0.15) is 18.8 Å². The zero-order chi connectivity index (χ0) is 10.9. The lowest BCUT2D eigenvalue weighted by molar-refractivity contribution is 0.0595. The summed E-state index contributed by atoms with van der Waals surface area (Å²) >= 11 is 0. The molecule has 0 aromatic heterocycles. The average Bonchev–Trinajstić information content (AvgIpc) is 2.28. The van der Waals surface area contributed by atoms with Crippen molar-refractivity contribution >= 4 is 0 Å². The molecule has 1 aliphatic heterocycles. The second-order valence-corrected chi connectivity index (χ2v) is 3.81. The van der Waals surface area contributed by atoms with Crippen LogP contribution in [-0.4, -0.2) is 24.9 Å². The van der Waals surface area contributed by atoms with Gasteiger partial charge in [-0.2, -0.15) is 0 Å². The van der Waals surface area contributed by atoms with Crippen molar-refractivity contribution in [1.82, 2.24) is 0 Å². The lowest BCUT2D eigenvalue weighted by Crippen LogP contribution is -2.32. The first-order valence-electron chi connectivity index (χ1n) is 4.97. The number of fused-ring (bicyclic) bond motifs is 1. The standard InChI is InChI=1S/C11H15NO3/c1-11(13,7-12)8-3-2-4-9-10(8)15-6-5-14-9/h2-4,13H,5-7,12H2,1H3. The predicted molar refractivity (Wildman–Crippen MR) is 56.1 cm³/mol. The number of aliphatic hydroxyl groups is 1. The molecule has 0 fully saturated rings. The first-order valence-corrected chi connectivity index (χ1v) is 4.97. The highest BCUT2D eigenvalue weighted by atomic mass is 16.6. The van der Waals surface area contributed by atoms with Crippen LogP contribution >= 0.6 is 0 Å². The number of para-hydroxylation sites is 1. The quantitative estimate of drug-likeness (QED) is 0.749. The topological polar surface area (TPSA) is 64.7 Å². The van der Waals surface area contributed by atoms with Gasteiger partial charge in [-0.3, -0.25) is 0 Å². The molecule has 1 aromatic carbocycles. The molecule has 1 heterocycles. The largest absolute Gasteiger partial charge is 0.486 e. The van der Waals surface area contributed by atoms with Gasteiger partial charge in [0.25, 0.3) is 0 Å². The molecule has 0 saturated carbocycles. The van der Waals surface area contributed by atoms with Crippen LogP contribution in [0.2, 0.25) is 0 Å². The Morgan fingerprint density at radius 2 is 2.13 bits per heavy atom. The van der Waals surface area contributed by atoms with Gasteiger partial charge in [0.2, 0.25) is 0 Å². The van der Waals surface area contributed by atoms with Crippen LogP contribution in [-0.2, 0) is 5.60 Å². The Morgan fingerprint density at radius 1 is 1.40 bits per heavy atom. The molecule has 2 rings (SSSR count). The van der Waals surface area contributed by atoms with E-state index in [9.17, 15) is 5.11 Å². The molecule has 4 nitrogen and oxygen atoms in total. The smallest absolute Gasteiger partial charge is 0.167 e. The van der Waals surface area contributed by atoms with E-state index < -0.39 is 5.60 Å².